The van der Waals surface area contributed by atoms with Crippen LogP contribution in [0.15, 0.2) is 83.0 Å². The lowest BCUT2D eigenvalue weighted by Gasteiger charge is -2.28. The second kappa shape index (κ2) is 26.2. The summed E-state index contributed by atoms with van der Waals surface area (Å²) in [7, 11) is 0. The number of ether oxygens (including phenoxy) is 1. The quantitative estimate of drug-likeness (QED) is 0.0228. The average molecular weight is 884 g/mol. The van der Waals surface area contributed by atoms with Gasteiger partial charge in [-0.15, -0.1) is 0 Å². The van der Waals surface area contributed by atoms with E-state index in [4.69, 9.17) is 9.84 Å². The van der Waals surface area contributed by atoms with Crippen molar-refractivity contribution in [2.24, 2.45) is 33.9 Å². The molecule has 0 fully saturated rings. The number of amides is 5. The van der Waals surface area contributed by atoms with Gasteiger partial charge in [-0.25, -0.2) is 4.79 Å². The number of rotatable bonds is 26. The molecule has 16 nitrogen and oxygen atoms in total. The molecule has 0 aromatic heterocycles. The molecular formula is C48H65N7O9. The highest BCUT2D eigenvalue weighted by atomic mass is 16.5. The zero-order valence-electron chi connectivity index (χ0n) is 38.2. The molecule has 0 spiro atoms. The number of carboxylic acids is 1. The lowest BCUT2D eigenvalue weighted by atomic mass is 9.98. The van der Waals surface area contributed by atoms with Crippen LogP contribution in [0.25, 0.3) is 0 Å². The highest BCUT2D eigenvalue weighted by molar-refractivity contribution is 5.95. The van der Waals surface area contributed by atoms with Crippen molar-refractivity contribution in [3.63, 3.8) is 0 Å². The molecule has 0 radical (unpaired) electrons. The van der Waals surface area contributed by atoms with E-state index in [1.165, 1.54) is 12.1 Å². The number of aromatic carboxylic acids is 1. The predicted molar refractivity (Wildman–Crippen MR) is 243 cm³/mol. The Bertz CT molecular complexity index is 2050. The van der Waals surface area contributed by atoms with E-state index in [1.54, 1.807) is 48.5 Å². The SMILES string of the molecule is CC(C)CCNC(=O)C(NC(=O)C(CC(C)C)NC(=O)C(CC(C)C)NC(=O)[C@@H](Cc1ccc(OC(=O)CCc2ccccc2/N=N/c2ccc(C(=O)O)cc2)cc1)NC=O)C(C)C. The number of nitrogens with one attached hydrogen (secondary N) is 5. The van der Waals surface area contributed by atoms with E-state index in [2.05, 4.69) is 50.7 Å². The Balaban J connectivity index is 1.63. The van der Waals surface area contributed by atoms with Gasteiger partial charge in [0.25, 0.3) is 0 Å². The van der Waals surface area contributed by atoms with Crippen molar-refractivity contribution in [2.75, 3.05) is 6.54 Å². The third-order valence-corrected chi connectivity index (χ3v) is 10.1. The molecule has 3 rings (SSSR count). The summed E-state index contributed by atoms with van der Waals surface area (Å²) in [6.07, 6.45) is 2.14. The van der Waals surface area contributed by atoms with Gasteiger partial charge in [-0.3, -0.25) is 28.8 Å². The monoisotopic (exact) mass is 883 g/mol. The molecule has 0 aliphatic heterocycles. The molecule has 6 N–H and O–H groups in total. The van der Waals surface area contributed by atoms with Gasteiger partial charge in [-0.1, -0.05) is 85.7 Å². The standard InChI is InChI=1S/C48H65N7O9/c1-29(2)23-24-49-47(61)43(32(7)8)53-46(60)41(26-31(5)6)52-45(59)40(25-30(3)4)51-44(58)39(50-28-56)27-33-13-20-37(21-14-33)64-42(57)22-17-34-11-9-10-12-38(34)55-54-36-18-15-35(16-19-36)48(62)63/h9-16,18-21,28-32,39-41,43H,17,22-27H2,1-8H3,(H,49,61)(H,50,56)(H,51,58)(H,52,59)(H,53,60)(H,62,63)/b55-54+/t39-,40?,41?,43?/m1/s1. The van der Waals surface area contributed by atoms with Crippen molar-refractivity contribution in [1.29, 1.82) is 0 Å². The minimum absolute atomic E-state index is 0.00859. The molecule has 64 heavy (non-hydrogen) atoms. The Labute approximate surface area is 376 Å². The summed E-state index contributed by atoms with van der Waals surface area (Å²) in [5, 5.41) is 31.5. The number of carboxylic acid groups (broad SMARTS) is 1. The van der Waals surface area contributed by atoms with Crippen LogP contribution in [0.1, 0.15) is 103 Å². The Morgan fingerprint density at radius 2 is 1.25 bits per heavy atom. The maximum absolute atomic E-state index is 13.8. The maximum Gasteiger partial charge on any atom is 0.335 e. The average Bonchev–Trinajstić information content (AvgIpc) is 3.23. The van der Waals surface area contributed by atoms with Crippen LogP contribution in [-0.4, -0.2) is 77.8 Å². The molecule has 0 aliphatic carbocycles. The van der Waals surface area contributed by atoms with Gasteiger partial charge in [0.1, 0.15) is 29.9 Å². The van der Waals surface area contributed by atoms with Gasteiger partial charge in [-0.2, -0.15) is 10.2 Å². The number of carbonyl (C=O) groups is 7. The van der Waals surface area contributed by atoms with Crippen molar-refractivity contribution in [1.82, 2.24) is 26.6 Å². The molecule has 16 heteroatoms. The van der Waals surface area contributed by atoms with Gasteiger partial charge in [0.15, 0.2) is 0 Å². The number of hydrogen-bond donors (Lipinski definition) is 6. The first-order chi connectivity index (χ1) is 30.4. The fraction of sp³-hybridized carbons (Fsp3) is 0.479. The Hall–Kier alpha value is -6.45. The number of benzene rings is 3. The Morgan fingerprint density at radius 3 is 1.80 bits per heavy atom. The van der Waals surface area contributed by atoms with E-state index in [-0.39, 0.29) is 60.7 Å². The largest absolute Gasteiger partial charge is 0.478 e. The lowest BCUT2D eigenvalue weighted by Crippen LogP contribution is -2.59. The van der Waals surface area contributed by atoms with Crippen LogP contribution < -0.4 is 31.3 Å². The molecule has 5 amide bonds. The van der Waals surface area contributed by atoms with Crippen molar-refractivity contribution in [3.05, 3.63) is 89.5 Å². The van der Waals surface area contributed by atoms with E-state index >= 15 is 0 Å². The summed E-state index contributed by atoms with van der Waals surface area (Å²) in [4.78, 5) is 89.9. The lowest BCUT2D eigenvalue weighted by molar-refractivity contribution is -0.135. The summed E-state index contributed by atoms with van der Waals surface area (Å²) in [6, 6.07) is 15.8. The number of nitrogens with zero attached hydrogens (tertiary/aromatic N) is 2. The summed E-state index contributed by atoms with van der Waals surface area (Å²) in [5.74, 6) is -3.08. The van der Waals surface area contributed by atoms with E-state index in [1.807, 2.05) is 53.7 Å². The van der Waals surface area contributed by atoms with Crippen molar-refractivity contribution < 1.29 is 43.4 Å². The van der Waals surface area contributed by atoms with E-state index in [0.717, 1.165) is 12.0 Å². The zero-order chi connectivity index (χ0) is 47.3. The van der Waals surface area contributed by atoms with Gasteiger partial charge < -0.3 is 36.4 Å². The molecule has 4 atom stereocenters. The summed E-state index contributed by atoms with van der Waals surface area (Å²) < 4.78 is 5.56. The highest BCUT2D eigenvalue weighted by Gasteiger charge is 2.32. The number of carbonyl (C=O) groups excluding carboxylic acids is 6. The zero-order valence-corrected chi connectivity index (χ0v) is 38.2. The van der Waals surface area contributed by atoms with Gasteiger partial charge >= 0.3 is 11.9 Å². The van der Waals surface area contributed by atoms with Crippen LogP contribution in [0, 0.1) is 23.7 Å². The first kappa shape index (κ1) is 51.9. The minimum atomic E-state index is -1.06. The minimum Gasteiger partial charge on any atom is -0.478 e. The van der Waals surface area contributed by atoms with E-state index in [0.29, 0.717) is 42.2 Å². The molecule has 0 heterocycles. The van der Waals surface area contributed by atoms with Crippen LogP contribution in [-0.2, 0) is 41.6 Å². The van der Waals surface area contributed by atoms with Crippen LogP contribution >= 0.6 is 0 Å². The van der Waals surface area contributed by atoms with E-state index < -0.39 is 53.8 Å². The smallest absolute Gasteiger partial charge is 0.335 e. The number of aryl methyl sites for hydroxylation is 1. The van der Waals surface area contributed by atoms with E-state index in [9.17, 15) is 33.6 Å². The van der Waals surface area contributed by atoms with Crippen LogP contribution in [0.2, 0.25) is 0 Å². The highest BCUT2D eigenvalue weighted by Crippen LogP contribution is 2.24. The van der Waals surface area contributed by atoms with Crippen molar-refractivity contribution in [2.45, 2.75) is 118 Å². The second-order valence-corrected chi connectivity index (χ2v) is 17.4. The third-order valence-electron chi connectivity index (χ3n) is 10.1. The molecular weight excluding hydrogens is 819 g/mol. The fourth-order valence-electron chi connectivity index (χ4n) is 6.59. The number of hydrogen-bond acceptors (Lipinski definition) is 10. The Morgan fingerprint density at radius 1 is 0.672 bits per heavy atom. The van der Waals surface area contributed by atoms with Gasteiger partial charge in [0.2, 0.25) is 30.0 Å². The molecule has 0 bridgehead atoms. The number of esters is 1. The van der Waals surface area contributed by atoms with Gasteiger partial charge in [0, 0.05) is 13.0 Å². The topological polar surface area (TPSA) is 234 Å². The molecule has 0 saturated heterocycles. The Kier molecular flexibility index (Phi) is 21.3. The summed E-state index contributed by atoms with van der Waals surface area (Å²) in [6.45, 7) is 15.9. The van der Waals surface area contributed by atoms with Crippen LogP contribution in [0.4, 0.5) is 11.4 Å². The molecule has 0 saturated carbocycles. The van der Waals surface area contributed by atoms with Crippen LogP contribution in [0.3, 0.4) is 0 Å². The second-order valence-electron chi connectivity index (χ2n) is 17.4. The molecule has 3 unspecified atom stereocenters. The summed E-state index contributed by atoms with van der Waals surface area (Å²) in [5.41, 5.74) is 2.55. The summed E-state index contributed by atoms with van der Waals surface area (Å²) >= 11 is 0. The first-order valence-corrected chi connectivity index (χ1v) is 21.9. The van der Waals surface area contributed by atoms with Crippen molar-refractivity contribution >= 4 is 53.4 Å². The molecule has 3 aromatic carbocycles. The predicted octanol–water partition coefficient (Wildman–Crippen LogP) is 6.36. The molecule has 3 aromatic rings. The maximum atomic E-state index is 13.8. The molecule has 0 aliphatic rings. The third kappa shape index (κ3) is 18.1. The first-order valence-electron chi connectivity index (χ1n) is 21.9. The van der Waals surface area contributed by atoms with Crippen LogP contribution in [0.5, 0.6) is 5.75 Å². The molecule has 346 valence electrons. The van der Waals surface area contributed by atoms with Gasteiger partial charge in [0.05, 0.1) is 23.4 Å². The fourth-order valence-corrected chi connectivity index (χ4v) is 6.59. The van der Waals surface area contributed by atoms with Crippen molar-refractivity contribution in [3.8, 4) is 5.75 Å². The van der Waals surface area contributed by atoms with Gasteiger partial charge in [-0.05, 0) is 103 Å². The normalized spacial score (nSPS) is 13.2. The number of azo groups is 1.